The minimum atomic E-state index is -0.202. The van der Waals surface area contributed by atoms with Crippen LogP contribution in [0.15, 0.2) is 0 Å². The van der Waals surface area contributed by atoms with Crippen molar-refractivity contribution in [3.05, 3.63) is 0 Å². The normalized spacial score (nSPS) is 39.5. The largest absolute Gasteiger partial charge is 0.390 e. The van der Waals surface area contributed by atoms with Gasteiger partial charge in [0.1, 0.15) is 0 Å². The lowest BCUT2D eigenvalue weighted by atomic mass is 9.83. The molecular formula is C15H26O2. The molecular weight excluding hydrogens is 212 g/mol. The van der Waals surface area contributed by atoms with Crippen molar-refractivity contribution in [2.24, 2.45) is 23.7 Å². The maximum absolute atomic E-state index is 10.4. The lowest BCUT2D eigenvalue weighted by molar-refractivity contribution is -0.0560. The van der Waals surface area contributed by atoms with E-state index in [1.165, 1.54) is 38.5 Å². The fourth-order valence-electron chi connectivity index (χ4n) is 4.29. The van der Waals surface area contributed by atoms with Gasteiger partial charge in [-0.2, -0.15) is 0 Å². The number of fused-ring (bicyclic) bond motifs is 2. The van der Waals surface area contributed by atoms with Crippen LogP contribution in [-0.2, 0) is 4.74 Å². The SMILES string of the molecule is CCOC(C(O)CC1CC2CCC1C2)C1CC1. The minimum Gasteiger partial charge on any atom is -0.390 e. The molecule has 3 fully saturated rings. The van der Waals surface area contributed by atoms with Gasteiger partial charge in [-0.3, -0.25) is 0 Å². The average molecular weight is 238 g/mol. The number of aliphatic hydroxyl groups is 1. The third-order valence-electron chi connectivity index (χ3n) is 5.25. The van der Waals surface area contributed by atoms with Gasteiger partial charge in [-0.25, -0.2) is 0 Å². The van der Waals surface area contributed by atoms with E-state index < -0.39 is 0 Å². The first-order valence-corrected chi connectivity index (χ1v) is 7.57. The van der Waals surface area contributed by atoms with Gasteiger partial charge in [0, 0.05) is 6.61 Å². The summed E-state index contributed by atoms with van der Waals surface area (Å²) in [4.78, 5) is 0. The van der Waals surface area contributed by atoms with Gasteiger partial charge in [-0.05, 0) is 69.1 Å². The molecule has 0 aromatic heterocycles. The average Bonchev–Trinajstić information content (AvgIpc) is 2.95. The van der Waals surface area contributed by atoms with Crippen molar-refractivity contribution in [2.45, 2.75) is 64.1 Å². The first kappa shape index (κ1) is 12.0. The van der Waals surface area contributed by atoms with Crippen LogP contribution in [0, 0.1) is 23.7 Å². The fraction of sp³-hybridized carbons (Fsp3) is 1.00. The second kappa shape index (κ2) is 4.89. The Kier molecular flexibility index (Phi) is 3.45. The Hall–Kier alpha value is -0.0800. The van der Waals surface area contributed by atoms with Crippen LogP contribution < -0.4 is 0 Å². The van der Waals surface area contributed by atoms with E-state index in [1.807, 2.05) is 6.92 Å². The molecule has 0 saturated heterocycles. The highest BCUT2D eigenvalue weighted by Crippen LogP contribution is 2.50. The molecule has 3 rings (SSSR count). The highest BCUT2D eigenvalue weighted by Gasteiger charge is 2.43. The Bertz CT molecular complexity index is 262. The molecule has 0 spiro atoms. The summed E-state index contributed by atoms with van der Waals surface area (Å²) >= 11 is 0. The number of rotatable bonds is 6. The zero-order chi connectivity index (χ0) is 11.8. The van der Waals surface area contributed by atoms with E-state index in [9.17, 15) is 5.11 Å². The number of hydrogen-bond donors (Lipinski definition) is 1. The van der Waals surface area contributed by atoms with Crippen molar-refractivity contribution < 1.29 is 9.84 Å². The lowest BCUT2D eigenvalue weighted by Gasteiger charge is -2.28. The van der Waals surface area contributed by atoms with E-state index in [1.54, 1.807) is 0 Å². The Morgan fingerprint density at radius 3 is 2.53 bits per heavy atom. The molecule has 0 heterocycles. The molecule has 0 aliphatic heterocycles. The van der Waals surface area contributed by atoms with Gasteiger partial charge in [0.15, 0.2) is 0 Å². The predicted octanol–water partition coefficient (Wildman–Crippen LogP) is 2.99. The van der Waals surface area contributed by atoms with Gasteiger partial charge in [0.25, 0.3) is 0 Å². The molecule has 0 aromatic rings. The molecule has 0 amide bonds. The Morgan fingerprint density at radius 1 is 1.18 bits per heavy atom. The van der Waals surface area contributed by atoms with Gasteiger partial charge >= 0.3 is 0 Å². The first-order valence-electron chi connectivity index (χ1n) is 7.57. The molecule has 5 atom stereocenters. The van der Waals surface area contributed by atoms with Crippen LogP contribution in [0.25, 0.3) is 0 Å². The van der Waals surface area contributed by atoms with E-state index in [0.717, 1.165) is 30.8 Å². The molecule has 0 radical (unpaired) electrons. The molecule has 17 heavy (non-hydrogen) atoms. The summed E-state index contributed by atoms with van der Waals surface area (Å²) < 4.78 is 5.77. The van der Waals surface area contributed by atoms with Gasteiger partial charge in [-0.15, -0.1) is 0 Å². The highest BCUT2D eigenvalue weighted by molar-refractivity contribution is 4.94. The molecule has 3 saturated carbocycles. The van der Waals surface area contributed by atoms with Crippen molar-refractivity contribution in [3.63, 3.8) is 0 Å². The fourth-order valence-corrected chi connectivity index (χ4v) is 4.29. The van der Waals surface area contributed by atoms with Gasteiger partial charge in [0.2, 0.25) is 0 Å². The summed E-state index contributed by atoms with van der Waals surface area (Å²) in [5.41, 5.74) is 0. The van der Waals surface area contributed by atoms with Crippen molar-refractivity contribution in [1.82, 2.24) is 0 Å². The van der Waals surface area contributed by atoms with E-state index >= 15 is 0 Å². The number of hydrogen-bond acceptors (Lipinski definition) is 2. The summed E-state index contributed by atoms with van der Waals surface area (Å²) in [6, 6.07) is 0. The third kappa shape index (κ3) is 2.53. The van der Waals surface area contributed by atoms with Crippen LogP contribution in [0.1, 0.15) is 51.9 Å². The Balaban J connectivity index is 1.53. The predicted molar refractivity (Wildman–Crippen MR) is 67.7 cm³/mol. The van der Waals surface area contributed by atoms with E-state index in [-0.39, 0.29) is 12.2 Å². The van der Waals surface area contributed by atoms with Crippen molar-refractivity contribution in [3.8, 4) is 0 Å². The van der Waals surface area contributed by atoms with Crippen LogP contribution in [0.4, 0.5) is 0 Å². The molecule has 3 aliphatic carbocycles. The maximum Gasteiger partial charge on any atom is 0.0861 e. The van der Waals surface area contributed by atoms with E-state index in [2.05, 4.69) is 0 Å². The standard InChI is InChI=1S/C15H26O2/c1-2-17-15(11-5-6-11)14(16)9-13-8-10-3-4-12(13)7-10/h10-16H,2-9H2,1H3. The highest BCUT2D eigenvalue weighted by atomic mass is 16.5. The first-order chi connectivity index (χ1) is 8.28. The molecule has 5 unspecified atom stereocenters. The van der Waals surface area contributed by atoms with Crippen molar-refractivity contribution >= 4 is 0 Å². The second-order valence-corrected chi connectivity index (χ2v) is 6.50. The van der Waals surface area contributed by atoms with Crippen LogP contribution >= 0.6 is 0 Å². The molecule has 1 N–H and O–H groups in total. The Morgan fingerprint density at radius 2 is 2.00 bits per heavy atom. The summed E-state index contributed by atoms with van der Waals surface area (Å²) in [7, 11) is 0. The molecule has 2 nitrogen and oxygen atoms in total. The van der Waals surface area contributed by atoms with Crippen LogP contribution in [0.3, 0.4) is 0 Å². The second-order valence-electron chi connectivity index (χ2n) is 6.50. The molecule has 98 valence electrons. The number of ether oxygens (including phenoxy) is 1. The van der Waals surface area contributed by atoms with Gasteiger partial charge in [0.05, 0.1) is 12.2 Å². The molecule has 2 heteroatoms. The quantitative estimate of drug-likeness (QED) is 0.771. The summed E-state index contributed by atoms with van der Waals surface area (Å²) in [5.74, 6) is 3.37. The maximum atomic E-state index is 10.4. The smallest absolute Gasteiger partial charge is 0.0861 e. The summed E-state index contributed by atoms with van der Waals surface area (Å²) in [6.45, 7) is 2.79. The zero-order valence-corrected chi connectivity index (χ0v) is 11.0. The monoisotopic (exact) mass is 238 g/mol. The minimum absolute atomic E-state index is 0.138. The van der Waals surface area contributed by atoms with Crippen molar-refractivity contribution in [1.29, 1.82) is 0 Å². The summed E-state index contributed by atoms with van der Waals surface area (Å²) in [5, 5.41) is 10.4. The van der Waals surface area contributed by atoms with Crippen LogP contribution in [0.5, 0.6) is 0 Å². The molecule has 0 aromatic carbocycles. The topological polar surface area (TPSA) is 29.5 Å². The Labute approximate surface area is 105 Å². The van der Waals surface area contributed by atoms with Crippen LogP contribution in [-0.4, -0.2) is 23.9 Å². The molecule has 3 aliphatic rings. The lowest BCUT2D eigenvalue weighted by Crippen LogP contribution is -2.33. The van der Waals surface area contributed by atoms with Gasteiger partial charge < -0.3 is 9.84 Å². The van der Waals surface area contributed by atoms with Crippen LogP contribution in [0.2, 0.25) is 0 Å². The van der Waals surface area contributed by atoms with E-state index in [4.69, 9.17) is 4.74 Å². The number of aliphatic hydroxyl groups excluding tert-OH is 1. The zero-order valence-electron chi connectivity index (χ0n) is 11.0. The summed E-state index contributed by atoms with van der Waals surface area (Å²) in [6.07, 6.45) is 9.16. The molecule has 2 bridgehead atoms. The van der Waals surface area contributed by atoms with Gasteiger partial charge in [-0.1, -0.05) is 6.42 Å². The van der Waals surface area contributed by atoms with E-state index in [0.29, 0.717) is 5.92 Å². The van der Waals surface area contributed by atoms with Crippen molar-refractivity contribution in [2.75, 3.05) is 6.61 Å². The third-order valence-corrected chi connectivity index (χ3v) is 5.25.